The third-order valence-electron chi connectivity index (χ3n) is 3.20. The third kappa shape index (κ3) is 4.14. The summed E-state index contributed by atoms with van der Waals surface area (Å²) in [5, 5.41) is -0.180. The van der Waals surface area contributed by atoms with Crippen molar-refractivity contribution < 1.29 is 9.47 Å². The van der Waals surface area contributed by atoms with E-state index in [4.69, 9.17) is 21.1 Å². The largest absolute Gasteiger partial charge is 0.496 e. The van der Waals surface area contributed by atoms with Crippen LogP contribution in [0.4, 0.5) is 0 Å². The van der Waals surface area contributed by atoms with Gasteiger partial charge < -0.3 is 9.47 Å². The van der Waals surface area contributed by atoms with Crippen molar-refractivity contribution in [1.82, 2.24) is 0 Å². The summed E-state index contributed by atoms with van der Waals surface area (Å²) in [5.74, 6) is 1.69. The first kappa shape index (κ1) is 16.2. The molecule has 112 valence electrons. The molecule has 0 aliphatic rings. The molecule has 0 bridgehead atoms. The van der Waals surface area contributed by atoms with E-state index >= 15 is 0 Å². The molecule has 0 spiro atoms. The number of para-hydroxylation sites is 1. The molecule has 2 nitrogen and oxygen atoms in total. The van der Waals surface area contributed by atoms with Gasteiger partial charge in [0.05, 0.1) is 19.1 Å². The van der Waals surface area contributed by atoms with Crippen molar-refractivity contribution >= 4 is 27.5 Å². The number of benzene rings is 2. The van der Waals surface area contributed by atoms with Crippen molar-refractivity contribution in [3.8, 4) is 11.5 Å². The van der Waals surface area contributed by atoms with E-state index in [1.807, 2.05) is 49.4 Å². The lowest BCUT2D eigenvalue weighted by atomic mass is 10.0. The Labute approximate surface area is 139 Å². The fourth-order valence-corrected chi connectivity index (χ4v) is 2.94. The van der Waals surface area contributed by atoms with Crippen LogP contribution < -0.4 is 9.47 Å². The number of hydrogen-bond acceptors (Lipinski definition) is 2. The Kier molecular flexibility index (Phi) is 5.95. The first-order valence-electron chi connectivity index (χ1n) is 6.84. The summed E-state index contributed by atoms with van der Waals surface area (Å²) < 4.78 is 12.0. The molecule has 0 fully saturated rings. The minimum absolute atomic E-state index is 0.180. The molecule has 0 radical (unpaired) electrons. The van der Waals surface area contributed by atoms with Gasteiger partial charge in [0.1, 0.15) is 11.5 Å². The van der Waals surface area contributed by atoms with Crippen LogP contribution in [-0.2, 0) is 6.42 Å². The van der Waals surface area contributed by atoms with E-state index in [0.717, 1.165) is 27.1 Å². The molecule has 2 aromatic carbocycles. The van der Waals surface area contributed by atoms with E-state index in [9.17, 15) is 0 Å². The number of hydrogen-bond donors (Lipinski definition) is 0. The molecule has 1 unspecified atom stereocenters. The van der Waals surface area contributed by atoms with Gasteiger partial charge in [0.2, 0.25) is 0 Å². The zero-order valence-corrected chi connectivity index (χ0v) is 14.4. The Morgan fingerprint density at radius 3 is 2.62 bits per heavy atom. The second-order valence-corrected chi connectivity index (χ2v) is 6.04. The van der Waals surface area contributed by atoms with Gasteiger partial charge in [0.25, 0.3) is 0 Å². The Hall–Kier alpha value is -1.19. The minimum Gasteiger partial charge on any atom is -0.496 e. The van der Waals surface area contributed by atoms with Crippen molar-refractivity contribution in [3.05, 3.63) is 58.1 Å². The summed E-state index contributed by atoms with van der Waals surface area (Å²) in [6.07, 6.45) is 0.683. The lowest BCUT2D eigenvalue weighted by Gasteiger charge is -2.17. The summed E-state index contributed by atoms with van der Waals surface area (Å²) in [7, 11) is 1.67. The first-order chi connectivity index (χ1) is 10.2. The smallest absolute Gasteiger partial charge is 0.124 e. The van der Waals surface area contributed by atoms with Gasteiger partial charge in [-0.15, -0.1) is 11.6 Å². The van der Waals surface area contributed by atoms with E-state index in [2.05, 4.69) is 15.9 Å². The average molecular weight is 370 g/mol. The van der Waals surface area contributed by atoms with Gasteiger partial charge in [-0.25, -0.2) is 0 Å². The van der Waals surface area contributed by atoms with Crippen molar-refractivity contribution in [2.24, 2.45) is 0 Å². The molecule has 0 amide bonds. The molecule has 1 atom stereocenters. The van der Waals surface area contributed by atoms with E-state index < -0.39 is 0 Å². The summed E-state index contributed by atoms with van der Waals surface area (Å²) in [6, 6.07) is 13.8. The minimum atomic E-state index is -0.180. The third-order valence-corrected chi connectivity index (χ3v) is 4.08. The maximum atomic E-state index is 6.63. The molecule has 0 heterocycles. The molecule has 0 saturated heterocycles. The highest BCUT2D eigenvalue weighted by Crippen LogP contribution is 2.36. The Morgan fingerprint density at radius 1 is 1.14 bits per heavy atom. The van der Waals surface area contributed by atoms with Crippen LogP contribution in [0.15, 0.2) is 46.9 Å². The second-order valence-electron chi connectivity index (χ2n) is 4.60. The molecule has 21 heavy (non-hydrogen) atoms. The van der Waals surface area contributed by atoms with Crippen molar-refractivity contribution in [1.29, 1.82) is 0 Å². The monoisotopic (exact) mass is 368 g/mol. The molecule has 0 N–H and O–H groups in total. The van der Waals surface area contributed by atoms with E-state index in [-0.39, 0.29) is 5.38 Å². The van der Waals surface area contributed by atoms with Gasteiger partial charge in [-0.3, -0.25) is 0 Å². The molecule has 2 aromatic rings. The topological polar surface area (TPSA) is 18.5 Å². The van der Waals surface area contributed by atoms with Gasteiger partial charge in [0, 0.05) is 10.0 Å². The summed E-state index contributed by atoms with van der Waals surface area (Å²) in [5.41, 5.74) is 2.07. The molecular formula is C17H18BrClO2. The maximum absolute atomic E-state index is 6.63. The number of rotatable bonds is 6. The summed E-state index contributed by atoms with van der Waals surface area (Å²) in [4.78, 5) is 0. The number of ether oxygens (including phenoxy) is 2. The predicted molar refractivity (Wildman–Crippen MR) is 90.6 cm³/mol. The molecular weight excluding hydrogens is 352 g/mol. The van der Waals surface area contributed by atoms with Crippen LogP contribution in [0, 0.1) is 0 Å². The lowest BCUT2D eigenvalue weighted by Crippen LogP contribution is -2.02. The first-order valence-corrected chi connectivity index (χ1v) is 8.06. The Balaban J connectivity index is 2.27. The zero-order chi connectivity index (χ0) is 15.2. The zero-order valence-electron chi connectivity index (χ0n) is 12.1. The van der Waals surface area contributed by atoms with Gasteiger partial charge in [-0.2, -0.15) is 0 Å². The SMILES string of the molecule is CCOc1ccc(Br)cc1C(Cl)Cc1ccccc1OC. The van der Waals surface area contributed by atoms with Crippen LogP contribution in [0.25, 0.3) is 0 Å². The normalized spacial score (nSPS) is 12.0. The van der Waals surface area contributed by atoms with Gasteiger partial charge in [-0.05, 0) is 43.2 Å². The maximum Gasteiger partial charge on any atom is 0.124 e. The molecule has 0 aliphatic carbocycles. The molecule has 0 saturated carbocycles. The summed E-state index contributed by atoms with van der Waals surface area (Å²) in [6.45, 7) is 2.59. The van der Waals surface area contributed by atoms with Crippen LogP contribution in [0.3, 0.4) is 0 Å². The average Bonchev–Trinajstić information content (AvgIpc) is 2.49. The van der Waals surface area contributed by atoms with Crippen LogP contribution in [0.2, 0.25) is 0 Å². The van der Waals surface area contributed by atoms with Gasteiger partial charge >= 0.3 is 0 Å². The van der Waals surface area contributed by atoms with Crippen LogP contribution >= 0.6 is 27.5 Å². The quantitative estimate of drug-likeness (QED) is 0.636. The second kappa shape index (κ2) is 7.71. The Morgan fingerprint density at radius 2 is 1.90 bits per heavy atom. The van der Waals surface area contributed by atoms with E-state index in [0.29, 0.717) is 13.0 Å². The fourth-order valence-electron chi connectivity index (χ4n) is 2.23. The highest BCUT2D eigenvalue weighted by Gasteiger charge is 2.17. The standard InChI is InChI=1S/C17H18BrClO2/c1-3-21-17-9-8-13(18)11-14(17)15(19)10-12-6-4-5-7-16(12)20-2/h4-9,11,15H,3,10H2,1-2H3. The summed E-state index contributed by atoms with van der Waals surface area (Å²) >= 11 is 10.1. The lowest BCUT2D eigenvalue weighted by molar-refractivity contribution is 0.336. The molecule has 2 rings (SSSR count). The fraction of sp³-hybridized carbons (Fsp3) is 0.294. The van der Waals surface area contributed by atoms with Crippen LogP contribution in [-0.4, -0.2) is 13.7 Å². The number of halogens is 2. The Bertz CT molecular complexity index is 601. The molecule has 0 aliphatic heterocycles. The molecule has 0 aromatic heterocycles. The van der Waals surface area contributed by atoms with Gasteiger partial charge in [0.15, 0.2) is 0 Å². The molecule has 4 heteroatoms. The van der Waals surface area contributed by atoms with Crippen LogP contribution in [0.5, 0.6) is 11.5 Å². The highest BCUT2D eigenvalue weighted by atomic mass is 79.9. The van der Waals surface area contributed by atoms with E-state index in [1.165, 1.54) is 0 Å². The van der Waals surface area contributed by atoms with Crippen LogP contribution in [0.1, 0.15) is 23.4 Å². The van der Waals surface area contributed by atoms with Crippen molar-refractivity contribution in [2.75, 3.05) is 13.7 Å². The number of methoxy groups -OCH3 is 1. The predicted octanol–water partition coefficient (Wildman–Crippen LogP) is 5.38. The van der Waals surface area contributed by atoms with Gasteiger partial charge in [-0.1, -0.05) is 34.1 Å². The van der Waals surface area contributed by atoms with E-state index in [1.54, 1.807) is 7.11 Å². The van der Waals surface area contributed by atoms with Crippen molar-refractivity contribution in [3.63, 3.8) is 0 Å². The number of alkyl halides is 1. The highest BCUT2D eigenvalue weighted by molar-refractivity contribution is 9.10. The van der Waals surface area contributed by atoms with Crippen molar-refractivity contribution in [2.45, 2.75) is 18.7 Å².